The Bertz CT molecular complexity index is 488. The van der Waals surface area contributed by atoms with Crippen LogP contribution < -0.4 is 5.32 Å². The van der Waals surface area contributed by atoms with Crippen LogP contribution in [0.3, 0.4) is 0 Å². The number of unbranched alkanes of at least 4 members (excludes halogenated alkanes) is 2. The van der Waals surface area contributed by atoms with Crippen molar-refractivity contribution >= 4 is 17.5 Å². The highest BCUT2D eigenvalue weighted by atomic mass is 16.6. The summed E-state index contributed by atoms with van der Waals surface area (Å²) in [5, 5.41) is 12.7. The molecule has 0 aliphatic heterocycles. The second-order valence-corrected chi connectivity index (χ2v) is 4.02. The molecule has 2 amide bonds. The number of nitro groups is 1. The quantitative estimate of drug-likeness (QED) is 0.480. The SMILES string of the molecule is CCCCCC(=O)NC(=O)c1cncc([N+](=O)[O-])c1. The molecule has 0 saturated heterocycles. The van der Waals surface area contributed by atoms with Gasteiger partial charge in [0.1, 0.15) is 6.20 Å². The smallest absolute Gasteiger partial charge is 0.288 e. The Kier molecular flexibility index (Phi) is 5.59. The molecule has 0 radical (unpaired) electrons. The highest BCUT2D eigenvalue weighted by Crippen LogP contribution is 2.10. The van der Waals surface area contributed by atoms with Crippen LogP contribution in [-0.2, 0) is 4.79 Å². The van der Waals surface area contributed by atoms with Crippen molar-refractivity contribution in [3.63, 3.8) is 0 Å². The van der Waals surface area contributed by atoms with Gasteiger partial charge in [0.25, 0.3) is 11.6 Å². The molecule has 7 heteroatoms. The number of amides is 2. The van der Waals surface area contributed by atoms with E-state index in [2.05, 4.69) is 10.3 Å². The highest BCUT2D eigenvalue weighted by molar-refractivity contribution is 6.04. The standard InChI is InChI=1S/C12H15N3O4/c1-2-3-4-5-11(16)14-12(17)9-6-10(15(18)19)8-13-7-9/h6-8H,2-5H2,1H3,(H,14,16,17). The molecule has 0 fully saturated rings. The Morgan fingerprint density at radius 1 is 1.37 bits per heavy atom. The van der Waals surface area contributed by atoms with E-state index in [0.29, 0.717) is 6.42 Å². The molecular formula is C12H15N3O4. The van der Waals surface area contributed by atoms with Crippen LogP contribution in [0.2, 0.25) is 0 Å². The highest BCUT2D eigenvalue weighted by Gasteiger charge is 2.14. The molecule has 19 heavy (non-hydrogen) atoms. The molecule has 7 nitrogen and oxygen atoms in total. The number of carbonyl (C=O) groups is 2. The Morgan fingerprint density at radius 2 is 2.11 bits per heavy atom. The summed E-state index contributed by atoms with van der Waals surface area (Å²) < 4.78 is 0. The molecule has 0 saturated carbocycles. The summed E-state index contributed by atoms with van der Waals surface area (Å²) in [7, 11) is 0. The summed E-state index contributed by atoms with van der Waals surface area (Å²) >= 11 is 0. The zero-order chi connectivity index (χ0) is 14.3. The zero-order valence-electron chi connectivity index (χ0n) is 10.6. The van der Waals surface area contributed by atoms with E-state index in [-0.39, 0.29) is 23.6 Å². The number of hydrogen-bond donors (Lipinski definition) is 1. The summed E-state index contributed by atoms with van der Waals surface area (Å²) in [6.45, 7) is 2.01. The second kappa shape index (κ2) is 7.20. The first-order valence-corrected chi connectivity index (χ1v) is 5.98. The fourth-order valence-electron chi connectivity index (χ4n) is 1.45. The first-order chi connectivity index (χ1) is 9.04. The van der Waals surface area contributed by atoms with Crippen LogP contribution >= 0.6 is 0 Å². The van der Waals surface area contributed by atoms with E-state index < -0.39 is 10.8 Å². The molecule has 0 aliphatic rings. The monoisotopic (exact) mass is 265 g/mol. The molecule has 0 spiro atoms. The minimum atomic E-state index is -0.669. The maximum absolute atomic E-state index is 11.7. The van der Waals surface area contributed by atoms with Gasteiger partial charge in [-0.1, -0.05) is 19.8 Å². The predicted octanol–water partition coefficient (Wildman–Crippen LogP) is 1.83. The van der Waals surface area contributed by atoms with Crippen molar-refractivity contribution in [2.45, 2.75) is 32.6 Å². The van der Waals surface area contributed by atoms with E-state index in [1.165, 1.54) is 6.20 Å². The van der Waals surface area contributed by atoms with Crippen molar-refractivity contribution < 1.29 is 14.5 Å². The van der Waals surface area contributed by atoms with Gasteiger partial charge in [0.05, 0.1) is 10.5 Å². The fraction of sp³-hybridized carbons (Fsp3) is 0.417. The summed E-state index contributed by atoms with van der Waals surface area (Å²) in [6, 6.07) is 1.08. The molecular weight excluding hydrogens is 250 g/mol. The molecule has 1 rings (SSSR count). The van der Waals surface area contributed by atoms with Crippen LogP contribution in [0.25, 0.3) is 0 Å². The van der Waals surface area contributed by atoms with Gasteiger partial charge in [0.15, 0.2) is 0 Å². The van der Waals surface area contributed by atoms with Crippen LogP contribution in [0.1, 0.15) is 43.0 Å². The average molecular weight is 265 g/mol. The minimum absolute atomic E-state index is 0.00181. The van der Waals surface area contributed by atoms with Crippen molar-refractivity contribution in [3.8, 4) is 0 Å². The van der Waals surface area contributed by atoms with Crippen LogP contribution in [0.15, 0.2) is 18.5 Å². The molecule has 102 valence electrons. The Morgan fingerprint density at radius 3 is 2.74 bits per heavy atom. The molecule has 0 bridgehead atoms. The molecule has 0 aliphatic carbocycles. The Hall–Kier alpha value is -2.31. The topological polar surface area (TPSA) is 102 Å². The van der Waals surface area contributed by atoms with Gasteiger partial charge < -0.3 is 0 Å². The number of nitrogens with one attached hydrogen (secondary N) is 1. The number of imide groups is 1. The number of rotatable bonds is 6. The Balaban J connectivity index is 2.60. The Labute approximate surface area is 110 Å². The van der Waals surface area contributed by atoms with Crippen molar-refractivity contribution in [1.82, 2.24) is 10.3 Å². The van der Waals surface area contributed by atoms with Crippen LogP contribution in [0.4, 0.5) is 5.69 Å². The largest absolute Gasteiger partial charge is 0.292 e. The second-order valence-electron chi connectivity index (χ2n) is 4.02. The fourth-order valence-corrected chi connectivity index (χ4v) is 1.45. The lowest BCUT2D eigenvalue weighted by atomic mass is 10.2. The number of aromatic nitrogens is 1. The van der Waals surface area contributed by atoms with E-state index in [9.17, 15) is 19.7 Å². The summed E-state index contributed by atoms with van der Waals surface area (Å²) in [5.41, 5.74) is -0.288. The molecule has 1 heterocycles. The molecule has 1 aromatic heterocycles. The lowest BCUT2D eigenvalue weighted by Gasteiger charge is -2.03. The van der Waals surface area contributed by atoms with Crippen molar-refractivity contribution in [2.24, 2.45) is 0 Å². The summed E-state index contributed by atoms with van der Waals surface area (Å²) in [6.07, 6.45) is 5.10. The maximum Gasteiger partial charge on any atom is 0.288 e. The third kappa shape index (κ3) is 4.82. The van der Waals surface area contributed by atoms with Gasteiger partial charge in [-0.15, -0.1) is 0 Å². The van der Waals surface area contributed by atoms with Crippen LogP contribution in [0.5, 0.6) is 0 Å². The van der Waals surface area contributed by atoms with Crippen molar-refractivity contribution in [1.29, 1.82) is 0 Å². The summed E-state index contributed by atoms with van der Waals surface area (Å²) in [4.78, 5) is 36.6. The van der Waals surface area contributed by atoms with E-state index >= 15 is 0 Å². The number of pyridine rings is 1. The third-order valence-corrected chi connectivity index (χ3v) is 2.46. The van der Waals surface area contributed by atoms with E-state index in [1.807, 2.05) is 6.92 Å². The van der Waals surface area contributed by atoms with Crippen LogP contribution in [0, 0.1) is 10.1 Å². The third-order valence-electron chi connectivity index (χ3n) is 2.46. The first kappa shape index (κ1) is 14.7. The molecule has 0 unspecified atom stereocenters. The van der Waals surface area contributed by atoms with Crippen molar-refractivity contribution in [2.75, 3.05) is 0 Å². The van der Waals surface area contributed by atoms with Gasteiger partial charge in [-0.25, -0.2) is 0 Å². The molecule has 0 atom stereocenters. The molecule has 1 N–H and O–H groups in total. The lowest BCUT2D eigenvalue weighted by Crippen LogP contribution is -2.30. The van der Waals surface area contributed by atoms with Gasteiger partial charge in [-0.3, -0.25) is 30.0 Å². The molecule has 0 aromatic carbocycles. The first-order valence-electron chi connectivity index (χ1n) is 5.98. The van der Waals surface area contributed by atoms with Gasteiger partial charge in [-0.2, -0.15) is 0 Å². The van der Waals surface area contributed by atoms with E-state index in [1.54, 1.807) is 0 Å². The molecule has 1 aromatic rings. The normalized spacial score (nSPS) is 9.95. The van der Waals surface area contributed by atoms with Gasteiger partial charge in [0, 0.05) is 18.7 Å². The van der Waals surface area contributed by atoms with E-state index in [0.717, 1.165) is 25.1 Å². The van der Waals surface area contributed by atoms with Crippen molar-refractivity contribution in [3.05, 3.63) is 34.1 Å². The average Bonchev–Trinajstić information content (AvgIpc) is 2.39. The zero-order valence-corrected chi connectivity index (χ0v) is 10.6. The maximum atomic E-state index is 11.7. The van der Waals surface area contributed by atoms with Crippen LogP contribution in [-0.4, -0.2) is 21.7 Å². The predicted molar refractivity (Wildman–Crippen MR) is 67.5 cm³/mol. The van der Waals surface area contributed by atoms with Gasteiger partial charge in [0.2, 0.25) is 5.91 Å². The van der Waals surface area contributed by atoms with E-state index in [4.69, 9.17) is 0 Å². The summed E-state index contributed by atoms with van der Waals surface area (Å²) in [5.74, 6) is -1.05. The minimum Gasteiger partial charge on any atom is -0.292 e. The number of hydrogen-bond acceptors (Lipinski definition) is 5. The number of nitrogens with zero attached hydrogens (tertiary/aromatic N) is 2. The lowest BCUT2D eigenvalue weighted by molar-refractivity contribution is -0.385. The van der Waals surface area contributed by atoms with Gasteiger partial charge >= 0.3 is 0 Å². The van der Waals surface area contributed by atoms with Gasteiger partial charge in [-0.05, 0) is 6.42 Å². The number of carbonyl (C=O) groups excluding carboxylic acids is 2.